The van der Waals surface area contributed by atoms with Gasteiger partial charge < -0.3 is 0 Å². The molecule has 0 N–H and O–H groups in total. The highest BCUT2D eigenvalue weighted by Gasteiger charge is 2.27. The van der Waals surface area contributed by atoms with Crippen molar-refractivity contribution in [3.05, 3.63) is 94.8 Å². The molecule has 140 valence electrons. The van der Waals surface area contributed by atoms with E-state index in [1.165, 1.54) is 10.4 Å². The minimum Gasteiger partial charge on any atom is -0.262 e. The van der Waals surface area contributed by atoms with Gasteiger partial charge in [0.2, 0.25) is 0 Å². The van der Waals surface area contributed by atoms with Crippen LogP contribution in [-0.4, -0.2) is 8.42 Å². The van der Waals surface area contributed by atoms with Gasteiger partial charge in [0.05, 0.1) is 17.1 Å². The fraction of sp³-hybridized carbons (Fsp3) is 0.182. The first-order valence-electron chi connectivity index (χ1n) is 8.69. The molecule has 0 aliphatic carbocycles. The van der Waals surface area contributed by atoms with E-state index in [0.717, 1.165) is 16.7 Å². The highest BCUT2D eigenvalue weighted by Crippen LogP contribution is 2.30. The van der Waals surface area contributed by atoms with Crippen molar-refractivity contribution in [2.75, 3.05) is 4.31 Å². The molecular weight excluding hydrogens is 361 g/mol. The minimum absolute atomic E-state index is 0.0762. The van der Waals surface area contributed by atoms with Gasteiger partial charge in [0.15, 0.2) is 0 Å². The van der Waals surface area contributed by atoms with Crippen molar-refractivity contribution in [3.8, 4) is 0 Å². The van der Waals surface area contributed by atoms with E-state index in [-0.39, 0.29) is 11.4 Å². The van der Waals surface area contributed by atoms with Gasteiger partial charge in [-0.1, -0.05) is 48.0 Å². The number of sulfonamides is 1. The molecule has 0 radical (unpaired) electrons. The van der Waals surface area contributed by atoms with Crippen molar-refractivity contribution in [2.24, 2.45) is 0 Å². The Kier molecular flexibility index (Phi) is 5.33. The maximum atomic E-state index is 14.3. The summed E-state index contributed by atoms with van der Waals surface area (Å²) in [4.78, 5) is 0.186. The van der Waals surface area contributed by atoms with Crippen molar-refractivity contribution >= 4 is 15.7 Å². The molecular formula is C22H22FNO2S. The maximum Gasteiger partial charge on any atom is 0.264 e. The standard InChI is InChI=1S/C22H22FNO2S/c1-16-9-12-20(13-10-16)27(25,26)24(15-19-6-4-5-7-21(19)23)22-14-17(2)8-11-18(22)3/h4-14H,15H2,1-3H3. The molecule has 0 unspecified atom stereocenters. The van der Waals surface area contributed by atoms with Gasteiger partial charge >= 0.3 is 0 Å². The molecule has 0 aliphatic rings. The Morgan fingerprint density at radius 2 is 1.48 bits per heavy atom. The first-order valence-corrected chi connectivity index (χ1v) is 10.1. The normalized spacial score (nSPS) is 11.4. The maximum absolute atomic E-state index is 14.3. The Balaban J connectivity index is 2.16. The zero-order valence-corrected chi connectivity index (χ0v) is 16.4. The van der Waals surface area contributed by atoms with Crippen LogP contribution in [0.3, 0.4) is 0 Å². The number of anilines is 1. The van der Waals surface area contributed by atoms with E-state index < -0.39 is 15.8 Å². The highest BCUT2D eigenvalue weighted by atomic mass is 32.2. The Morgan fingerprint density at radius 1 is 0.852 bits per heavy atom. The van der Waals surface area contributed by atoms with E-state index in [9.17, 15) is 12.8 Å². The summed E-state index contributed by atoms with van der Waals surface area (Å²) in [6.45, 7) is 5.59. The lowest BCUT2D eigenvalue weighted by Gasteiger charge is -2.27. The van der Waals surface area contributed by atoms with Gasteiger partial charge in [0, 0.05) is 5.56 Å². The topological polar surface area (TPSA) is 37.4 Å². The van der Waals surface area contributed by atoms with Crippen molar-refractivity contribution < 1.29 is 12.8 Å². The smallest absolute Gasteiger partial charge is 0.262 e. The third kappa shape index (κ3) is 4.03. The van der Waals surface area contributed by atoms with Gasteiger partial charge in [0.1, 0.15) is 5.82 Å². The molecule has 3 nitrogen and oxygen atoms in total. The van der Waals surface area contributed by atoms with Crippen LogP contribution >= 0.6 is 0 Å². The van der Waals surface area contributed by atoms with E-state index in [1.807, 2.05) is 39.0 Å². The average Bonchev–Trinajstić information content (AvgIpc) is 2.63. The summed E-state index contributed by atoms with van der Waals surface area (Å²) in [5.74, 6) is -0.424. The summed E-state index contributed by atoms with van der Waals surface area (Å²) >= 11 is 0. The van der Waals surface area contributed by atoms with Gasteiger partial charge in [0.25, 0.3) is 10.0 Å². The Bertz CT molecular complexity index is 1060. The molecule has 3 rings (SSSR count). The Labute approximate surface area is 160 Å². The van der Waals surface area contributed by atoms with Crippen LogP contribution in [0, 0.1) is 26.6 Å². The van der Waals surface area contributed by atoms with Crippen LogP contribution in [0.15, 0.2) is 71.6 Å². The monoisotopic (exact) mass is 383 g/mol. The molecule has 0 saturated heterocycles. The predicted octanol–water partition coefficient (Wildman–Crippen LogP) is 5.15. The van der Waals surface area contributed by atoms with E-state index in [4.69, 9.17) is 0 Å². The van der Waals surface area contributed by atoms with Crippen LogP contribution in [0.5, 0.6) is 0 Å². The third-order valence-corrected chi connectivity index (χ3v) is 6.29. The van der Waals surface area contributed by atoms with E-state index >= 15 is 0 Å². The number of aryl methyl sites for hydroxylation is 3. The molecule has 0 bridgehead atoms. The van der Waals surface area contributed by atoms with Gasteiger partial charge in [-0.25, -0.2) is 12.8 Å². The van der Waals surface area contributed by atoms with E-state index in [2.05, 4.69) is 0 Å². The molecule has 27 heavy (non-hydrogen) atoms. The largest absolute Gasteiger partial charge is 0.264 e. The molecule has 0 spiro atoms. The minimum atomic E-state index is -3.86. The molecule has 0 atom stereocenters. The molecule has 5 heteroatoms. The quantitative estimate of drug-likeness (QED) is 0.611. The highest BCUT2D eigenvalue weighted by molar-refractivity contribution is 7.92. The predicted molar refractivity (Wildman–Crippen MR) is 107 cm³/mol. The van der Waals surface area contributed by atoms with Crippen LogP contribution < -0.4 is 4.31 Å². The van der Waals surface area contributed by atoms with Gasteiger partial charge in [-0.3, -0.25) is 4.31 Å². The molecule has 0 aliphatic heterocycles. The molecule has 0 fully saturated rings. The molecule has 3 aromatic rings. The lowest BCUT2D eigenvalue weighted by molar-refractivity contribution is 0.585. The summed E-state index contributed by atoms with van der Waals surface area (Å²) in [6.07, 6.45) is 0. The molecule has 0 saturated carbocycles. The first kappa shape index (κ1) is 19.1. The second kappa shape index (κ2) is 7.53. The number of halogens is 1. The summed E-state index contributed by atoms with van der Waals surface area (Å²) in [5, 5.41) is 0. The van der Waals surface area contributed by atoms with E-state index in [0.29, 0.717) is 11.3 Å². The SMILES string of the molecule is Cc1ccc(S(=O)(=O)N(Cc2ccccc2F)c2cc(C)ccc2C)cc1. The number of benzene rings is 3. The zero-order valence-electron chi connectivity index (χ0n) is 15.6. The van der Waals surface area contributed by atoms with E-state index in [1.54, 1.807) is 42.5 Å². The summed E-state index contributed by atoms with van der Waals surface area (Å²) < 4.78 is 42.4. The van der Waals surface area contributed by atoms with Gasteiger partial charge in [-0.05, 0) is 56.2 Å². The molecule has 0 aromatic heterocycles. The molecule has 3 aromatic carbocycles. The van der Waals surface area contributed by atoms with Crippen molar-refractivity contribution in [1.29, 1.82) is 0 Å². The second-order valence-electron chi connectivity index (χ2n) is 6.71. The van der Waals surface area contributed by atoms with Crippen LogP contribution in [-0.2, 0) is 16.6 Å². The number of rotatable bonds is 5. The Morgan fingerprint density at radius 3 is 2.15 bits per heavy atom. The fourth-order valence-electron chi connectivity index (χ4n) is 2.91. The summed E-state index contributed by atoms with van der Waals surface area (Å²) in [7, 11) is -3.86. The zero-order chi connectivity index (χ0) is 19.6. The van der Waals surface area contributed by atoms with Crippen LogP contribution in [0.4, 0.5) is 10.1 Å². The molecule has 0 heterocycles. The van der Waals surface area contributed by atoms with Crippen LogP contribution in [0.2, 0.25) is 0 Å². The van der Waals surface area contributed by atoms with Crippen molar-refractivity contribution in [3.63, 3.8) is 0 Å². The summed E-state index contributed by atoms with van der Waals surface area (Å²) in [6, 6.07) is 18.6. The van der Waals surface area contributed by atoms with Crippen molar-refractivity contribution in [1.82, 2.24) is 0 Å². The first-order chi connectivity index (χ1) is 12.8. The van der Waals surface area contributed by atoms with Crippen LogP contribution in [0.1, 0.15) is 22.3 Å². The van der Waals surface area contributed by atoms with Gasteiger partial charge in [-0.2, -0.15) is 0 Å². The second-order valence-corrected chi connectivity index (χ2v) is 8.57. The third-order valence-electron chi connectivity index (χ3n) is 4.51. The van der Waals surface area contributed by atoms with Crippen LogP contribution in [0.25, 0.3) is 0 Å². The number of hydrogen-bond acceptors (Lipinski definition) is 2. The molecule has 0 amide bonds. The van der Waals surface area contributed by atoms with Gasteiger partial charge in [-0.15, -0.1) is 0 Å². The number of nitrogens with zero attached hydrogens (tertiary/aromatic N) is 1. The van der Waals surface area contributed by atoms with Crippen molar-refractivity contribution in [2.45, 2.75) is 32.2 Å². The lowest BCUT2D eigenvalue weighted by Crippen LogP contribution is -2.31. The lowest BCUT2D eigenvalue weighted by atomic mass is 10.1. The fourth-order valence-corrected chi connectivity index (χ4v) is 4.41. The average molecular weight is 383 g/mol. The Hall–Kier alpha value is -2.66. The number of hydrogen-bond donors (Lipinski definition) is 0. The summed E-state index contributed by atoms with van der Waals surface area (Å²) in [5.41, 5.74) is 3.61.